The Morgan fingerprint density at radius 2 is 1.71 bits per heavy atom. The zero-order valence-corrected chi connectivity index (χ0v) is 17.7. The van der Waals surface area contributed by atoms with Crippen LogP contribution in [-0.2, 0) is 11.0 Å². The maximum Gasteiger partial charge on any atom is 0.338 e. The van der Waals surface area contributed by atoms with Gasteiger partial charge in [-0.15, -0.1) is 0 Å². The average Bonchev–Trinajstić information content (AvgIpc) is 2.97. The molecule has 0 fully saturated rings. The van der Waals surface area contributed by atoms with Crippen molar-refractivity contribution in [1.29, 1.82) is 0 Å². The van der Waals surface area contributed by atoms with E-state index in [-0.39, 0.29) is 0 Å². The molecule has 0 bridgehead atoms. The predicted octanol–water partition coefficient (Wildman–Crippen LogP) is 5.60. The van der Waals surface area contributed by atoms with Gasteiger partial charge in [0.25, 0.3) is 0 Å². The zero-order valence-electron chi connectivity index (χ0n) is 15.3. The van der Waals surface area contributed by atoms with Gasteiger partial charge in [0, 0.05) is 11.8 Å². The Morgan fingerprint density at radius 3 is 2.29 bits per heavy atom. The number of amides is 2. The molecule has 0 spiro atoms. The number of rotatable bonds is 4. The Morgan fingerprint density at radius 1 is 1.11 bits per heavy atom. The number of carbonyl (C=O) groups excluding carboxylic acids is 1. The molecule has 146 valence electrons. The molecule has 6 nitrogen and oxygen atoms in total. The summed E-state index contributed by atoms with van der Waals surface area (Å²) in [5.74, 6) is 0.366. The molecule has 0 aliphatic carbocycles. The van der Waals surface area contributed by atoms with Gasteiger partial charge < -0.3 is 9.84 Å². The van der Waals surface area contributed by atoms with E-state index in [9.17, 15) is 9.00 Å². The van der Waals surface area contributed by atoms with Crippen molar-refractivity contribution in [2.24, 2.45) is 0 Å². The molecule has 3 aromatic rings. The molecular formula is C19H17Cl2N3O3S. The van der Waals surface area contributed by atoms with Crippen LogP contribution in [0.4, 0.5) is 16.2 Å². The van der Waals surface area contributed by atoms with Crippen molar-refractivity contribution in [3.8, 4) is 11.3 Å². The van der Waals surface area contributed by atoms with Gasteiger partial charge in [0.2, 0.25) is 0 Å². The molecule has 0 saturated carbocycles. The van der Waals surface area contributed by atoms with Gasteiger partial charge in [0.05, 0.1) is 15.7 Å². The minimum atomic E-state index is -1.60. The van der Waals surface area contributed by atoms with Crippen LogP contribution < -0.4 is 9.62 Å². The van der Waals surface area contributed by atoms with E-state index >= 15 is 0 Å². The number of aryl methyl sites for hydroxylation is 2. The lowest BCUT2D eigenvalue weighted by atomic mass is 10.1. The number of hydrogen-bond donors (Lipinski definition) is 1. The maximum absolute atomic E-state index is 12.9. The molecule has 0 aliphatic heterocycles. The van der Waals surface area contributed by atoms with Crippen molar-refractivity contribution in [3.63, 3.8) is 0 Å². The summed E-state index contributed by atoms with van der Waals surface area (Å²) in [6.07, 6.45) is 1.42. The SMILES string of the molecule is Cc1ccc(N(C(=O)Nc2c(-c3c(Cl)cccc3Cl)noc2C)[S@](C)=O)cc1. The fraction of sp³-hybridized carbons (Fsp3) is 0.158. The van der Waals surface area contributed by atoms with Gasteiger partial charge in [-0.2, -0.15) is 0 Å². The highest BCUT2D eigenvalue weighted by Gasteiger charge is 2.25. The summed E-state index contributed by atoms with van der Waals surface area (Å²) in [6.45, 7) is 3.58. The first-order valence-corrected chi connectivity index (χ1v) is 10.5. The molecule has 2 aromatic carbocycles. The third-order valence-electron chi connectivity index (χ3n) is 4.00. The van der Waals surface area contributed by atoms with E-state index in [1.54, 1.807) is 37.3 Å². The van der Waals surface area contributed by atoms with Crippen LogP contribution in [0.2, 0.25) is 10.0 Å². The zero-order chi connectivity index (χ0) is 20.4. The van der Waals surface area contributed by atoms with Crippen LogP contribution in [0.3, 0.4) is 0 Å². The van der Waals surface area contributed by atoms with Crippen LogP contribution in [0.25, 0.3) is 11.3 Å². The van der Waals surface area contributed by atoms with Crippen molar-refractivity contribution in [1.82, 2.24) is 5.16 Å². The number of anilines is 2. The number of urea groups is 1. The Balaban J connectivity index is 1.99. The van der Waals surface area contributed by atoms with Crippen molar-refractivity contribution in [2.75, 3.05) is 15.9 Å². The topological polar surface area (TPSA) is 75.4 Å². The molecular weight excluding hydrogens is 421 g/mol. The number of carbonyl (C=O) groups is 1. The first-order valence-electron chi connectivity index (χ1n) is 8.21. The van der Waals surface area contributed by atoms with Crippen molar-refractivity contribution < 1.29 is 13.5 Å². The first-order chi connectivity index (χ1) is 13.3. The largest absolute Gasteiger partial charge is 0.359 e. The lowest BCUT2D eigenvalue weighted by Gasteiger charge is -2.20. The Kier molecular flexibility index (Phi) is 6.07. The molecule has 0 aliphatic rings. The Bertz CT molecular complexity index is 1030. The molecule has 1 N–H and O–H groups in total. The van der Waals surface area contributed by atoms with E-state index in [1.165, 1.54) is 6.26 Å². The van der Waals surface area contributed by atoms with Gasteiger partial charge >= 0.3 is 6.03 Å². The van der Waals surface area contributed by atoms with Crippen LogP contribution in [0.1, 0.15) is 11.3 Å². The number of nitrogens with one attached hydrogen (secondary N) is 1. The summed E-state index contributed by atoms with van der Waals surface area (Å²) in [7, 11) is -1.60. The lowest BCUT2D eigenvalue weighted by Crippen LogP contribution is -2.36. The van der Waals surface area contributed by atoms with Crippen LogP contribution in [0.5, 0.6) is 0 Å². The normalized spacial score (nSPS) is 11.9. The second-order valence-corrected chi connectivity index (χ2v) is 8.07. The van der Waals surface area contributed by atoms with E-state index in [0.29, 0.717) is 38.4 Å². The highest BCUT2D eigenvalue weighted by Crippen LogP contribution is 2.39. The van der Waals surface area contributed by atoms with E-state index in [2.05, 4.69) is 10.5 Å². The minimum Gasteiger partial charge on any atom is -0.359 e. The predicted molar refractivity (Wildman–Crippen MR) is 113 cm³/mol. The van der Waals surface area contributed by atoms with Gasteiger partial charge in [-0.05, 0) is 38.1 Å². The summed E-state index contributed by atoms with van der Waals surface area (Å²) in [5, 5.41) is 7.46. The van der Waals surface area contributed by atoms with Gasteiger partial charge in [0.15, 0.2) is 5.76 Å². The van der Waals surface area contributed by atoms with E-state index in [0.717, 1.165) is 9.87 Å². The van der Waals surface area contributed by atoms with Crippen LogP contribution >= 0.6 is 23.2 Å². The van der Waals surface area contributed by atoms with Crippen molar-refractivity contribution >= 4 is 51.6 Å². The third kappa shape index (κ3) is 4.06. The number of nitrogens with zero attached hydrogens (tertiary/aromatic N) is 2. The summed E-state index contributed by atoms with van der Waals surface area (Å²) < 4.78 is 18.6. The molecule has 2 amide bonds. The highest BCUT2D eigenvalue weighted by molar-refractivity contribution is 7.86. The molecule has 9 heteroatoms. The van der Waals surface area contributed by atoms with Gasteiger partial charge in [-0.25, -0.2) is 13.3 Å². The molecule has 3 rings (SSSR count). The van der Waals surface area contributed by atoms with Crippen molar-refractivity contribution in [2.45, 2.75) is 13.8 Å². The van der Waals surface area contributed by atoms with Gasteiger partial charge in [0.1, 0.15) is 22.4 Å². The second kappa shape index (κ2) is 8.34. The first kappa shape index (κ1) is 20.4. The minimum absolute atomic E-state index is 0.298. The fourth-order valence-electron chi connectivity index (χ4n) is 2.63. The fourth-order valence-corrected chi connectivity index (χ4v) is 3.91. The summed E-state index contributed by atoms with van der Waals surface area (Å²) in [6, 6.07) is 11.6. The number of hydrogen-bond acceptors (Lipinski definition) is 4. The standard InChI is InChI=1S/C19H17Cl2N3O3S/c1-11-7-9-13(10-8-11)24(28(3)26)19(25)22-17-12(2)27-23-18(17)16-14(20)5-4-6-15(16)21/h4-10H,1-3H3,(H,22,25)/t28-/m0/s1. The quantitative estimate of drug-likeness (QED) is 0.576. The molecule has 0 saturated heterocycles. The van der Waals surface area contributed by atoms with Gasteiger partial charge in [-0.1, -0.05) is 52.1 Å². The van der Waals surface area contributed by atoms with Crippen LogP contribution in [0, 0.1) is 13.8 Å². The number of aromatic nitrogens is 1. The van der Waals surface area contributed by atoms with Crippen LogP contribution in [-0.4, -0.2) is 21.7 Å². The van der Waals surface area contributed by atoms with Gasteiger partial charge in [-0.3, -0.25) is 0 Å². The molecule has 28 heavy (non-hydrogen) atoms. The van der Waals surface area contributed by atoms with E-state index in [1.807, 2.05) is 19.1 Å². The molecule has 1 heterocycles. The molecule has 1 aromatic heterocycles. The summed E-state index contributed by atoms with van der Waals surface area (Å²) >= 11 is 12.5. The lowest BCUT2D eigenvalue weighted by molar-refractivity contribution is 0.260. The number of halogens is 2. The average molecular weight is 438 g/mol. The Hall–Kier alpha value is -2.35. The van der Waals surface area contributed by atoms with E-state index in [4.69, 9.17) is 27.7 Å². The summed E-state index contributed by atoms with van der Waals surface area (Å²) in [4.78, 5) is 12.9. The second-order valence-electron chi connectivity index (χ2n) is 6.04. The molecule has 0 radical (unpaired) electrons. The van der Waals surface area contributed by atoms with Crippen LogP contribution in [0.15, 0.2) is 47.0 Å². The summed E-state index contributed by atoms with van der Waals surface area (Å²) in [5.41, 5.74) is 2.57. The Labute approximate surface area is 175 Å². The monoisotopic (exact) mass is 437 g/mol. The van der Waals surface area contributed by atoms with E-state index < -0.39 is 17.0 Å². The molecule has 0 unspecified atom stereocenters. The smallest absolute Gasteiger partial charge is 0.338 e. The molecule has 1 atom stereocenters. The van der Waals surface area contributed by atoms with Crippen molar-refractivity contribution in [3.05, 3.63) is 63.8 Å². The highest BCUT2D eigenvalue weighted by atomic mass is 35.5. The third-order valence-corrected chi connectivity index (χ3v) is 5.53. The maximum atomic E-state index is 12.9. The number of benzene rings is 2.